The van der Waals surface area contributed by atoms with Crippen molar-refractivity contribution in [2.24, 2.45) is 5.92 Å². The highest BCUT2D eigenvalue weighted by Gasteiger charge is 2.28. The number of piperidine rings is 1. The first-order valence-corrected chi connectivity index (χ1v) is 14.3. The van der Waals surface area contributed by atoms with Crippen LogP contribution in [0.4, 0.5) is 0 Å². The van der Waals surface area contributed by atoms with E-state index >= 15 is 0 Å². The number of hydrogen-bond donors (Lipinski definition) is 1. The Morgan fingerprint density at radius 3 is 2.51 bits per heavy atom. The summed E-state index contributed by atoms with van der Waals surface area (Å²) in [5, 5.41) is 10.7. The molecule has 1 saturated carbocycles. The molecule has 204 valence electrons. The van der Waals surface area contributed by atoms with Gasteiger partial charge in [-0.05, 0) is 55.9 Å². The number of nitrogens with zero attached hydrogens (tertiary/aromatic N) is 5. The van der Waals surface area contributed by atoms with E-state index in [-0.39, 0.29) is 23.6 Å². The first kappa shape index (κ1) is 27.7. The molecule has 1 amide bonds. The van der Waals surface area contributed by atoms with E-state index in [1.165, 1.54) is 0 Å². The summed E-state index contributed by atoms with van der Waals surface area (Å²) in [6, 6.07) is 0.134. The summed E-state index contributed by atoms with van der Waals surface area (Å²) in [5.74, 6) is 1.78. The van der Waals surface area contributed by atoms with Crippen molar-refractivity contribution in [1.29, 1.82) is 0 Å². The first-order valence-electron chi connectivity index (χ1n) is 14.3. The molecule has 1 saturated heterocycles. The van der Waals surface area contributed by atoms with Crippen LogP contribution in [0.25, 0.3) is 10.9 Å². The fourth-order valence-electron chi connectivity index (χ4n) is 6.06. The molecular weight excluding hydrogens is 466 g/mol. The Morgan fingerprint density at radius 2 is 1.86 bits per heavy atom. The second kappa shape index (κ2) is 12.5. The summed E-state index contributed by atoms with van der Waals surface area (Å²) in [6.45, 7) is 6.96. The van der Waals surface area contributed by atoms with Crippen molar-refractivity contribution < 1.29 is 9.90 Å². The molecule has 3 heterocycles. The van der Waals surface area contributed by atoms with E-state index in [2.05, 4.69) is 29.9 Å². The van der Waals surface area contributed by atoms with Crippen molar-refractivity contribution in [3.05, 3.63) is 34.1 Å². The van der Waals surface area contributed by atoms with Gasteiger partial charge in [0.1, 0.15) is 5.82 Å². The molecule has 0 aromatic carbocycles. The molecule has 2 fully saturated rings. The van der Waals surface area contributed by atoms with Gasteiger partial charge in [-0.1, -0.05) is 26.7 Å². The van der Waals surface area contributed by atoms with Gasteiger partial charge >= 0.3 is 0 Å². The number of hydrogen-bond acceptors (Lipinski definition) is 6. The molecule has 1 atom stereocenters. The molecule has 1 N–H and O–H groups in total. The quantitative estimate of drug-likeness (QED) is 0.549. The van der Waals surface area contributed by atoms with Crippen LogP contribution in [-0.2, 0) is 11.2 Å². The monoisotopic (exact) mass is 511 g/mol. The molecule has 0 spiro atoms. The summed E-state index contributed by atoms with van der Waals surface area (Å²) in [5.41, 5.74) is 1.97. The predicted molar refractivity (Wildman–Crippen MR) is 147 cm³/mol. The van der Waals surface area contributed by atoms with Crippen LogP contribution in [0.15, 0.2) is 17.2 Å². The molecule has 37 heavy (non-hydrogen) atoms. The fraction of sp³-hybridized carbons (Fsp3) is 0.724. The van der Waals surface area contributed by atoms with Crippen LogP contribution in [0.1, 0.15) is 95.0 Å². The van der Waals surface area contributed by atoms with Crippen LogP contribution in [0, 0.1) is 5.92 Å². The van der Waals surface area contributed by atoms with Crippen LogP contribution in [0.2, 0.25) is 0 Å². The summed E-state index contributed by atoms with van der Waals surface area (Å²) in [6.07, 6.45) is 12.4. The Morgan fingerprint density at radius 1 is 1.16 bits per heavy atom. The van der Waals surface area contributed by atoms with Crippen LogP contribution < -0.4 is 5.56 Å². The van der Waals surface area contributed by atoms with Crippen LogP contribution in [0.3, 0.4) is 0 Å². The number of rotatable bonds is 9. The van der Waals surface area contributed by atoms with E-state index in [1.54, 1.807) is 25.2 Å². The van der Waals surface area contributed by atoms with Gasteiger partial charge in [0.25, 0.3) is 5.56 Å². The van der Waals surface area contributed by atoms with Gasteiger partial charge in [0.05, 0.1) is 17.0 Å². The second-order valence-corrected chi connectivity index (χ2v) is 11.6. The van der Waals surface area contributed by atoms with E-state index in [1.807, 2.05) is 4.57 Å². The summed E-state index contributed by atoms with van der Waals surface area (Å²) in [7, 11) is 3.59. The summed E-state index contributed by atoms with van der Waals surface area (Å²) >= 11 is 0. The summed E-state index contributed by atoms with van der Waals surface area (Å²) < 4.78 is 1.95. The molecular formula is C29H45N5O3. The lowest BCUT2D eigenvalue weighted by atomic mass is 9.82. The molecule has 1 aliphatic heterocycles. The van der Waals surface area contributed by atoms with E-state index in [0.717, 1.165) is 94.3 Å². The lowest BCUT2D eigenvalue weighted by molar-refractivity contribution is -0.129. The zero-order chi connectivity index (χ0) is 26.5. The number of pyridine rings is 1. The molecule has 2 aromatic rings. The van der Waals surface area contributed by atoms with E-state index in [9.17, 15) is 14.7 Å². The number of fused-ring (bicyclic) bond motifs is 1. The molecule has 8 heteroatoms. The maximum atomic E-state index is 13.7. The summed E-state index contributed by atoms with van der Waals surface area (Å²) in [4.78, 5) is 39.3. The highest BCUT2D eigenvalue weighted by atomic mass is 16.3. The third-order valence-electron chi connectivity index (χ3n) is 8.40. The largest absolute Gasteiger partial charge is 0.393 e. The maximum Gasteiger partial charge on any atom is 0.261 e. The number of aromatic nitrogens is 3. The Labute approximate surface area is 221 Å². The van der Waals surface area contributed by atoms with Gasteiger partial charge in [-0.15, -0.1) is 0 Å². The third-order valence-corrected chi connectivity index (χ3v) is 8.40. The molecule has 0 radical (unpaired) electrons. The smallest absolute Gasteiger partial charge is 0.261 e. The minimum Gasteiger partial charge on any atom is -0.393 e. The van der Waals surface area contributed by atoms with E-state index in [0.29, 0.717) is 23.6 Å². The number of aliphatic hydroxyl groups is 1. The first-order chi connectivity index (χ1) is 17.8. The van der Waals surface area contributed by atoms with Gasteiger partial charge in [-0.2, -0.15) is 0 Å². The second-order valence-electron chi connectivity index (χ2n) is 11.6. The highest BCUT2D eigenvalue weighted by Crippen LogP contribution is 2.36. The van der Waals surface area contributed by atoms with Crippen molar-refractivity contribution in [1.82, 2.24) is 24.3 Å². The molecule has 0 bridgehead atoms. The number of carbonyl (C=O) groups is 1. The van der Waals surface area contributed by atoms with Crippen molar-refractivity contribution in [3.63, 3.8) is 0 Å². The lowest BCUT2D eigenvalue weighted by Crippen LogP contribution is -2.39. The van der Waals surface area contributed by atoms with Crippen LogP contribution in [-0.4, -0.2) is 75.2 Å². The Hall–Kier alpha value is -2.32. The molecule has 4 rings (SSSR count). The number of amides is 1. The molecule has 1 unspecified atom stereocenters. The predicted octanol–water partition coefficient (Wildman–Crippen LogP) is 3.90. The van der Waals surface area contributed by atoms with Crippen LogP contribution >= 0.6 is 0 Å². The van der Waals surface area contributed by atoms with Crippen LogP contribution in [0.5, 0.6) is 0 Å². The Kier molecular flexibility index (Phi) is 9.35. The number of aliphatic hydroxyl groups excluding tert-OH is 1. The van der Waals surface area contributed by atoms with Gasteiger partial charge < -0.3 is 19.5 Å². The van der Waals surface area contributed by atoms with Crippen molar-refractivity contribution in [2.75, 3.05) is 33.7 Å². The standard InChI is InChI=1S/C29H45N5O3/c1-5-6-20(2)17-26-30-18-24-28(31-26)25(21-7-9-23(35)10-8-21)19-34(29(24)37)22-11-14-33(15-12-22)16-13-27(36)32(3)4/h18-23,35H,5-17H2,1-4H3. The minimum atomic E-state index is -0.225. The molecule has 8 nitrogen and oxygen atoms in total. The van der Waals surface area contributed by atoms with E-state index in [4.69, 9.17) is 4.98 Å². The van der Waals surface area contributed by atoms with Gasteiger partial charge in [-0.25, -0.2) is 9.97 Å². The fourth-order valence-corrected chi connectivity index (χ4v) is 6.06. The Bertz CT molecular complexity index is 1110. The van der Waals surface area contributed by atoms with Crippen molar-refractivity contribution in [2.45, 2.75) is 96.1 Å². The zero-order valence-corrected chi connectivity index (χ0v) is 23.2. The Balaban J connectivity index is 1.60. The molecule has 2 aromatic heterocycles. The van der Waals surface area contributed by atoms with Crippen molar-refractivity contribution >= 4 is 16.8 Å². The lowest BCUT2D eigenvalue weighted by Gasteiger charge is -2.34. The SMILES string of the molecule is CCCC(C)Cc1ncc2c(=O)n(C3CCN(CCC(=O)N(C)C)CC3)cc(C3CCC(O)CC3)c2n1. The van der Waals surface area contributed by atoms with Gasteiger partial charge in [0.15, 0.2) is 0 Å². The van der Waals surface area contributed by atoms with E-state index < -0.39 is 0 Å². The van der Waals surface area contributed by atoms with Crippen molar-refractivity contribution in [3.8, 4) is 0 Å². The number of carbonyl (C=O) groups excluding carboxylic acids is 1. The zero-order valence-electron chi connectivity index (χ0n) is 23.2. The highest BCUT2D eigenvalue weighted by molar-refractivity contribution is 5.80. The average Bonchev–Trinajstić information content (AvgIpc) is 2.88. The normalized spacial score (nSPS) is 22.3. The average molecular weight is 512 g/mol. The molecule has 1 aliphatic carbocycles. The third kappa shape index (κ3) is 6.77. The van der Waals surface area contributed by atoms with Gasteiger partial charge in [-0.3, -0.25) is 9.59 Å². The van der Waals surface area contributed by atoms with Gasteiger partial charge in [0, 0.05) is 65.0 Å². The minimum absolute atomic E-state index is 0.00369. The van der Waals surface area contributed by atoms with Gasteiger partial charge in [0.2, 0.25) is 5.91 Å². The number of likely N-dealkylation sites (tertiary alicyclic amines) is 1. The molecule has 2 aliphatic rings. The maximum absolute atomic E-state index is 13.7. The topological polar surface area (TPSA) is 91.6 Å².